The first-order chi connectivity index (χ1) is 23.3. The van der Waals surface area contributed by atoms with Crippen LogP contribution in [-0.2, 0) is 46.1 Å². The summed E-state index contributed by atoms with van der Waals surface area (Å²) in [6.45, 7) is 15.3. The molecule has 7 aromatic rings. The number of aryl methyl sites for hydroxylation is 6. The van der Waals surface area contributed by atoms with Crippen molar-refractivity contribution in [3.8, 4) is 34.1 Å². The van der Waals surface area contributed by atoms with Gasteiger partial charge in [0.15, 0.2) is 0 Å². The van der Waals surface area contributed by atoms with Gasteiger partial charge in [0.2, 0.25) is 0 Å². The molecule has 49 heavy (non-hydrogen) atoms. The van der Waals surface area contributed by atoms with Crippen LogP contribution in [0.25, 0.3) is 44.4 Å². The van der Waals surface area contributed by atoms with E-state index in [0.29, 0.717) is 11.5 Å². The molecule has 4 aromatic carbocycles. The largest absolute Gasteiger partial charge is 2.00 e. The van der Waals surface area contributed by atoms with Crippen LogP contribution in [-0.4, -0.2) is 19.3 Å². The van der Waals surface area contributed by atoms with Crippen LogP contribution < -0.4 is 4.74 Å². The summed E-state index contributed by atoms with van der Waals surface area (Å²) in [4.78, 5) is 4.76. The Bertz CT molecular complexity index is 2290. The predicted octanol–water partition coefficient (Wildman–Crippen LogP) is 10.6. The molecule has 0 atom stereocenters. The molecule has 0 radical (unpaired) electrons. The quantitative estimate of drug-likeness (QED) is 0.109. The standard InChI is InChI=1S/C43H42N4O.Pd/c1-8-30-18-19-44-41(24-30)46-39-15-13-12-14-37(39)38-17-16-35(26-40(38)46)48-36-21-27(5)20-34(25-36)47-29(7)42(28(6)45-47)43-32(10-3)22-31(9-2)23-33(43)11-4;/h12-24H,8-11H2,1-7H3;/q-2;+2. The third-order valence-corrected chi connectivity index (χ3v) is 9.50. The van der Waals surface area contributed by atoms with E-state index in [2.05, 4.69) is 126 Å². The fourth-order valence-corrected chi connectivity index (χ4v) is 7.09. The molecule has 250 valence electrons. The SMILES string of the molecule is CCc1ccnc(-n2c3[c-]c(Oc4[c-]c(-n5nc(C)c(-c6c(CC)cc(CC)cc6CC)c5C)cc(C)c4)ccc3c3ccccc32)c1.[Pd+2]. The van der Waals surface area contributed by atoms with Crippen molar-refractivity contribution < 1.29 is 25.2 Å². The summed E-state index contributed by atoms with van der Waals surface area (Å²) in [5, 5.41) is 7.34. The van der Waals surface area contributed by atoms with Crippen LogP contribution in [0.2, 0.25) is 0 Å². The van der Waals surface area contributed by atoms with Crippen LogP contribution >= 0.6 is 0 Å². The van der Waals surface area contributed by atoms with Crippen molar-refractivity contribution in [3.63, 3.8) is 0 Å². The molecule has 7 rings (SSSR count). The zero-order chi connectivity index (χ0) is 33.5. The van der Waals surface area contributed by atoms with E-state index < -0.39 is 0 Å². The number of rotatable bonds is 9. The average Bonchev–Trinajstić information content (AvgIpc) is 3.59. The second kappa shape index (κ2) is 14.2. The normalized spacial score (nSPS) is 11.3. The van der Waals surface area contributed by atoms with Crippen LogP contribution in [0, 0.1) is 32.9 Å². The smallest absolute Gasteiger partial charge is 0.509 e. The van der Waals surface area contributed by atoms with Gasteiger partial charge < -0.3 is 9.30 Å². The van der Waals surface area contributed by atoms with E-state index in [9.17, 15) is 0 Å². The Morgan fingerprint density at radius 2 is 1.43 bits per heavy atom. The molecule has 0 amide bonds. The van der Waals surface area contributed by atoms with Gasteiger partial charge in [-0.25, -0.2) is 4.98 Å². The monoisotopic (exact) mass is 736 g/mol. The van der Waals surface area contributed by atoms with Gasteiger partial charge in [-0.3, -0.25) is 4.68 Å². The number of benzene rings is 4. The number of para-hydroxylation sites is 1. The maximum Gasteiger partial charge on any atom is 2.00 e. The first-order valence-corrected chi connectivity index (χ1v) is 17.2. The molecular formula is C43H42N4OPd. The summed E-state index contributed by atoms with van der Waals surface area (Å²) in [7, 11) is 0. The van der Waals surface area contributed by atoms with Crippen molar-refractivity contribution in [2.45, 2.75) is 74.1 Å². The van der Waals surface area contributed by atoms with E-state index in [0.717, 1.165) is 75.9 Å². The number of nitrogens with zero attached hydrogens (tertiary/aromatic N) is 4. The van der Waals surface area contributed by atoms with Crippen LogP contribution in [0.1, 0.15) is 66.9 Å². The molecule has 0 N–H and O–H groups in total. The van der Waals surface area contributed by atoms with Gasteiger partial charge in [0.05, 0.1) is 5.69 Å². The number of pyridine rings is 1. The zero-order valence-corrected chi connectivity index (χ0v) is 30.9. The van der Waals surface area contributed by atoms with Crippen molar-refractivity contribution >= 4 is 21.8 Å². The molecular weight excluding hydrogens is 695 g/mol. The Balaban J connectivity index is 0.00000417. The van der Waals surface area contributed by atoms with Crippen LogP contribution in [0.5, 0.6) is 11.5 Å². The van der Waals surface area contributed by atoms with Crippen LogP contribution in [0.4, 0.5) is 0 Å². The molecule has 0 unspecified atom stereocenters. The van der Waals surface area contributed by atoms with Gasteiger partial charge in [-0.05, 0) is 96.6 Å². The molecule has 6 heteroatoms. The molecule has 3 heterocycles. The third-order valence-electron chi connectivity index (χ3n) is 9.50. The molecule has 3 aromatic heterocycles. The Kier molecular flexibility index (Phi) is 9.93. The summed E-state index contributed by atoms with van der Waals surface area (Å²) >= 11 is 0. The van der Waals surface area contributed by atoms with E-state index in [-0.39, 0.29) is 20.4 Å². The van der Waals surface area contributed by atoms with Crippen LogP contribution in [0.15, 0.2) is 79.0 Å². The molecule has 0 aliphatic rings. The molecule has 0 saturated heterocycles. The Morgan fingerprint density at radius 1 is 0.694 bits per heavy atom. The molecule has 0 saturated carbocycles. The predicted molar refractivity (Wildman–Crippen MR) is 197 cm³/mol. The second-order valence-corrected chi connectivity index (χ2v) is 12.6. The summed E-state index contributed by atoms with van der Waals surface area (Å²) < 4.78 is 10.7. The number of fused-ring (bicyclic) bond motifs is 3. The van der Waals surface area contributed by atoms with Crippen molar-refractivity contribution in [3.05, 3.63) is 130 Å². The van der Waals surface area contributed by atoms with Crippen molar-refractivity contribution in [1.29, 1.82) is 0 Å². The van der Waals surface area contributed by atoms with Gasteiger partial charge in [-0.1, -0.05) is 70.5 Å². The van der Waals surface area contributed by atoms with Crippen LogP contribution in [0.3, 0.4) is 0 Å². The van der Waals surface area contributed by atoms with Crippen molar-refractivity contribution in [2.24, 2.45) is 0 Å². The van der Waals surface area contributed by atoms with Crippen molar-refractivity contribution in [2.75, 3.05) is 0 Å². The molecule has 0 aliphatic heterocycles. The Labute approximate surface area is 303 Å². The van der Waals surface area contributed by atoms with Crippen molar-refractivity contribution in [1.82, 2.24) is 19.3 Å². The minimum atomic E-state index is 0. The van der Waals surface area contributed by atoms with Gasteiger partial charge in [-0.15, -0.1) is 35.7 Å². The first kappa shape index (κ1) is 34.4. The summed E-state index contributed by atoms with van der Waals surface area (Å²) in [5.41, 5.74) is 14.0. The summed E-state index contributed by atoms with van der Waals surface area (Å²) in [6, 6.07) is 32.8. The average molecular weight is 737 g/mol. The van der Waals surface area contributed by atoms with E-state index in [1.807, 2.05) is 23.0 Å². The number of aromatic nitrogens is 4. The first-order valence-electron chi connectivity index (χ1n) is 17.2. The zero-order valence-electron chi connectivity index (χ0n) is 29.3. The summed E-state index contributed by atoms with van der Waals surface area (Å²) in [5.74, 6) is 2.12. The van der Waals surface area contributed by atoms with E-state index >= 15 is 0 Å². The van der Waals surface area contributed by atoms with Gasteiger partial charge in [0.25, 0.3) is 0 Å². The molecule has 0 aliphatic carbocycles. The van der Waals surface area contributed by atoms with E-state index in [1.54, 1.807) is 0 Å². The summed E-state index contributed by atoms with van der Waals surface area (Å²) in [6.07, 6.45) is 5.82. The molecule has 5 nitrogen and oxygen atoms in total. The number of hydrogen-bond donors (Lipinski definition) is 0. The van der Waals surface area contributed by atoms with Gasteiger partial charge in [0, 0.05) is 34.5 Å². The topological polar surface area (TPSA) is 44.9 Å². The molecule has 0 bridgehead atoms. The van der Waals surface area contributed by atoms with E-state index in [4.69, 9.17) is 14.8 Å². The maximum atomic E-state index is 6.54. The van der Waals surface area contributed by atoms with Gasteiger partial charge in [0.1, 0.15) is 5.82 Å². The van der Waals surface area contributed by atoms with Gasteiger partial charge in [-0.2, -0.15) is 16.7 Å². The maximum absolute atomic E-state index is 6.54. The number of ether oxygens (including phenoxy) is 1. The number of hydrogen-bond acceptors (Lipinski definition) is 3. The fraction of sp³-hybridized carbons (Fsp3) is 0.256. The van der Waals surface area contributed by atoms with E-state index in [1.165, 1.54) is 33.4 Å². The Morgan fingerprint density at radius 3 is 2.14 bits per heavy atom. The second-order valence-electron chi connectivity index (χ2n) is 12.6. The van der Waals surface area contributed by atoms with Gasteiger partial charge >= 0.3 is 20.4 Å². The minimum absolute atomic E-state index is 0. The molecule has 0 fully saturated rings. The molecule has 0 spiro atoms. The Hall–Kier alpha value is -4.50. The third kappa shape index (κ3) is 6.25. The fourth-order valence-electron chi connectivity index (χ4n) is 7.09. The minimum Gasteiger partial charge on any atom is -0.509 e.